The lowest BCUT2D eigenvalue weighted by Crippen LogP contribution is -2.49. The maximum atomic E-state index is 12.0. The average Bonchev–Trinajstić information content (AvgIpc) is 2.87. The van der Waals surface area contributed by atoms with E-state index in [9.17, 15) is 4.79 Å². The maximum Gasteiger partial charge on any atom is 0.252 e. The number of nitrogens with one attached hydrogen (secondary N) is 1. The van der Waals surface area contributed by atoms with Crippen molar-refractivity contribution < 1.29 is 9.53 Å². The first-order valence-corrected chi connectivity index (χ1v) is 6.00. The topological polar surface area (TPSA) is 62.1 Å². The van der Waals surface area contributed by atoms with Crippen molar-refractivity contribution in [2.24, 2.45) is 5.92 Å². The second-order valence-electron chi connectivity index (χ2n) is 4.93. The monoisotopic (exact) mass is 222 g/mol. The van der Waals surface area contributed by atoms with Crippen LogP contribution >= 0.6 is 0 Å². The fourth-order valence-corrected chi connectivity index (χ4v) is 2.57. The van der Waals surface area contributed by atoms with E-state index >= 15 is 0 Å². The van der Waals surface area contributed by atoms with Crippen LogP contribution in [-0.4, -0.2) is 24.2 Å². The third-order valence-electron chi connectivity index (χ3n) is 3.70. The molecule has 1 aliphatic heterocycles. The molecule has 1 N–H and O–H groups in total. The van der Waals surface area contributed by atoms with E-state index in [1.54, 1.807) is 0 Å². The van der Waals surface area contributed by atoms with Crippen LogP contribution < -0.4 is 5.32 Å². The third-order valence-corrected chi connectivity index (χ3v) is 3.70. The Bertz CT molecular complexity index is 315. The molecule has 1 heterocycles. The Balaban J connectivity index is 1.94. The van der Waals surface area contributed by atoms with Crippen molar-refractivity contribution in [3.8, 4) is 6.07 Å². The molecule has 3 atom stereocenters. The maximum absolute atomic E-state index is 12.0. The molecule has 0 spiro atoms. The minimum Gasteiger partial charge on any atom is -0.365 e. The van der Waals surface area contributed by atoms with Crippen LogP contribution in [0.2, 0.25) is 0 Å². The van der Waals surface area contributed by atoms with Gasteiger partial charge in [-0.25, -0.2) is 0 Å². The molecule has 0 bridgehead atoms. The van der Waals surface area contributed by atoms with E-state index in [2.05, 4.69) is 11.4 Å². The number of carbonyl (C=O) groups is 1. The molecule has 16 heavy (non-hydrogen) atoms. The van der Waals surface area contributed by atoms with Crippen molar-refractivity contribution >= 4 is 5.91 Å². The molecule has 0 aromatic carbocycles. The highest BCUT2D eigenvalue weighted by Gasteiger charge is 2.40. The predicted octanol–water partition coefficient (Wildman–Crippen LogP) is 1.36. The number of hydrogen-bond donors (Lipinski definition) is 1. The molecule has 3 unspecified atom stereocenters. The summed E-state index contributed by atoms with van der Waals surface area (Å²) < 4.78 is 5.49. The molecule has 2 fully saturated rings. The molecule has 2 rings (SSSR count). The van der Waals surface area contributed by atoms with Gasteiger partial charge in [-0.05, 0) is 39.0 Å². The second kappa shape index (κ2) is 4.42. The summed E-state index contributed by atoms with van der Waals surface area (Å²) in [5, 5.41) is 11.9. The van der Waals surface area contributed by atoms with Gasteiger partial charge in [0, 0.05) is 12.6 Å². The first-order chi connectivity index (χ1) is 7.65. The van der Waals surface area contributed by atoms with Crippen LogP contribution in [0.15, 0.2) is 0 Å². The average molecular weight is 222 g/mol. The fourth-order valence-electron chi connectivity index (χ4n) is 2.57. The molecule has 1 saturated heterocycles. The van der Waals surface area contributed by atoms with Gasteiger partial charge < -0.3 is 10.1 Å². The molecular formula is C12H18N2O2. The van der Waals surface area contributed by atoms with E-state index in [0.29, 0.717) is 6.61 Å². The van der Waals surface area contributed by atoms with E-state index in [-0.39, 0.29) is 17.9 Å². The molecule has 0 aromatic rings. The number of nitriles is 1. The van der Waals surface area contributed by atoms with Gasteiger partial charge in [-0.2, -0.15) is 5.26 Å². The highest BCUT2D eigenvalue weighted by atomic mass is 16.5. The molecular weight excluding hydrogens is 204 g/mol. The molecule has 1 aliphatic carbocycles. The number of ether oxygens (including phenoxy) is 1. The van der Waals surface area contributed by atoms with Crippen LogP contribution in [0.1, 0.15) is 39.0 Å². The van der Waals surface area contributed by atoms with Gasteiger partial charge in [0.1, 0.15) is 5.60 Å². The molecule has 1 saturated carbocycles. The Morgan fingerprint density at radius 1 is 1.50 bits per heavy atom. The standard InChI is InChI=1S/C12H18N2O2/c1-12(6-3-7-16-12)11(15)14-10-5-2-4-9(10)8-13/h9-10H,2-7H2,1H3,(H,14,15). The van der Waals surface area contributed by atoms with Gasteiger partial charge in [-0.1, -0.05) is 0 Å². The van der Waals surface area contributed by atoms with Gasteiger partial charge in [-0.3, -0.25) is 4.79 Å². The molecule has 1 amide bonds. The zero-order chi connectivity index (χ0) is 11.6. The SMILES string of the molecule is CC1(C(=O)NC2CCCC2C#N)CCCO1. The number of nitrogens with zero attached hydrogens (tertiary/aromatic N) is 1. The highest BCUT2D eigenvalue weighted by Crippen LogP contribution is 2.28. The van der Waals surface area contributed by atoms with Gasteiger partial charge in [0.15, 0.2) is 0 Å². The van der Waals surface area contributed by atoms with Crippen LogP contribution in [0.25, 0.3) is 0 Å². The Morgan fingerprint density at radius 3 is 2.94 bits per heavy atom. The molecule has 0 aromatic heterocycles. The van der Waals surface area contributed by atoms with E-state index in [0.717, 1.165) is 32.1 Å². The zero-order valence-electron chi connectivity index (χ0n) is 9.66. The second-order valence-corrected chi connectivity index (χ2v) is 4.93. The van der Waals surface area contributed by atoms with E-state index in [1.807, 2.05) is 6.92 Å². The first-order valence-electron chi connectivity index (χ1n) is 6.00. The van der Waals surface area contributed by atoms with E-state index in [1.165, 1.54) is 0 Å². The fraction of sp³-hybridized carbons (Fsp3) is 0.833. The largest absolute Gasteiger partial charge is 0.365 e. The summed E-state index contributed by atoms with van der Waals surface area (Å²) in [6.45, 7) is 2.50. The van der Waals surface area contributed by atoms with Crippen molar-refractivity contribution in [2.75, 3.05) is 6.61 Å². The molecule has 4 heteroatoms. The lowest BCUT2D eigenvalue weighted by molar-refractivity contribution is -0.140. The van der Waals surface area contributed by atoms with Crippen LogP contribution in [-0.2, 0) is 9.53 Å². The van der Waals surface area contributed by atoms with Gasteiger partial charge in [0.25, 0.3) is 5.91 Å². The number of carbonyl (C=O) groups excluding carboxylic acids is 1. The Hall–Kier alpha value is -1.08. The predicted molar refractivity (Wildman–Crippen MR) is 58.5 cm³/mol. The van der Waals surface area contributed by atoms with Gasteiger partial charge in [0.05, 0.1) is 12.0 Å². The zero-order valence-corrected chi connectivity index (χ0v) is 9.66. The lowest BCUT2D eigenvalue weighted by Gasteiger charge is -2.25. The summed E-state index contributed by atoms with van der Waals surface area (Å²) in [4.78, 5) is 12.0. The van der Waals surface area contributed by atoms with Crippen LogP contribution in [0, 0.1) is 17.2 Å². The van der Waals surface area contributed by atoms with Gasteiger partial charge >= 0.3 is 0 Å². The first kappa shape index (κ1) is 11.4. The summed E-state index contributed by atoms with van der Waals surface area (Å²) in [5.41, 5.74) is -0.664. The Kier molecular flexibility index (Phi) is 3.15. The van der Waals surface area contributed by atoms with Crippen LogP contribution in [0.5, 0.6) is 0 Å². The van der Waals surface area contributed by atoms with Crippen molar-refractivity contribution in [3.05, 3.63) is 0 Å². The summed E-state index contributed by atoms with van der Waals surface area (Å²) >= 11 is 0. The van der Waals surface area contributed by atoms with E-state index in [4.69, 9.17) is 10.00 Å². The summed E-state index contributed by atoms with van der Waals surface area (Å²) in [6, 6.07) is 2.29. The number of amides is 1. The van der Waals surface area contributed by atoms with Crippen molar-refractivity contribution in [1.82, 2.24) is 5.32 Å². The van der Waals surface area contributed by atoms with Crippen LogP contribution in [0.3, 0.4) is 0 Å². The summed E-state index contributed by atoms with van der Waals surface area (Å²) in [6.07, 6.45) is 4.57. The lowest BCUT2D eigenvalue weighted by atomic mass is 9.99. The minimum atomic E-state index is -0.664. The summed E-state index contributed by atoms with van der Waals surface area (Å²) in [5.74, 6) is -0.0638. The van der Waals surface area contributed by atoms with Gasteiger partial charge in [-0.15, -0.1) is 0 Å². The molecule has 0 radical (unpaired) electrons. The van der Waals surface area contributed by atoms with Crippen molar-refractivity contribution in [2.45, 2.75) is 50.7 Å². The quantitative estimate of drug-likeness (QED) is 0.767. The van der Waals surface area contributed by atoms with Crippen molar-refractivity contribution in [1.29, 1.82) is 5.26 Å². The van der Waals surface area contributed by atoms with Crippen molar-refractivity contribution in [3.63, 3.8) is 0 Å². The molecule has 4 nitrogen and oxygen atoms in total. The number of hydrogen-bond acceptors (Lipinski definition) is 3. The number of rotatable bonds is 2. The van der Waals surface area contributed by atoms with Crippen LogP contribution in [0.4, 0.5) is 0 Å². The Labute approximate surface area is 96.0 Å². The molecule has 2 aliphatic rings. The Morgan fingerprint density at radius 2 is 2.31 bits per heavy atom. The normalized spacial score (nSPS) is 38.2. The smallest absolute Gasteiger partial charge is 0.252 e. The molecule has 88 valence electrons. The minimum absolute atomic E-state index is 0.0195. The van der Waals surface area contributed by atoms with Gasteiger partial charge in [0.2, 0.25) is 0 Å². The summed E-state index contributed by atoms with van der Waals surface area (Å²) in [7, 11) is 0. The van der Waals surface area contributed by atoms with E-state index < -0.39 is 5.60 Å². The highest BCUT2D eigenvalue weighted by molar-refractivity contribution is 5.85. The third kappa shape index (κ3) is 2.05.